The van der Waals surface area contributed by atoms with Gasteiger partial charge in [0.2, 0.25) is 0 Å². The van der Waals surface area contributed by atoms with E-state index in [9.17, 15) is 4.79 Å². The number of methoxy groups -OCH3 is 2. The van der Waals surface area contributed by atoms with E-state index in [1.807, 2.05) is 23.1 Å². The van der Waals surface area contributed by atoms with E-state index in [0.717, 1.165) is 29.9 Å². The second-order valence-electron chi connectivity index (χ2n) is 7.51. The zero-order valence-electron chi connectivity index (χ0n) is 17.1. The average Bonchev–Trinajstić information content (AvgIpc) is 3.23. The second kappa shape index (κ2) is 8.64. The monoisotopic (exact) mass is 396 g/mol. The standard InChI is InChI=1S/C23H28N2O4/c1-27-21-13-18-8-10-25(15-19(18)14-22(21)28-2)23(26)24-9-11-29-20-7-6-16-4-3-5-17(16)12-20/h6-7,12-14H,3-5,8-11,15H2,1-2H3,(H,24,26). The highest BCUT2D eigenvalue weighted by molar-refractivity contribution is 5.74. The third-order valence-corrected chi connectivity index (χ3v) is 5.72. The molecule has 0 bridgehead atoms. The summed E-state index contributed by atoms with van der Waals surface area (Å²) in [5.74, 6) is 2.30. The summed E-state index contributed by atoms with van der Waals surface area (Å²) in [7, 11) is 3.26. The molecule has 2 aromatic carbocycles. The van der Waals surface area contributed by atoms with Crippen LogP contribution in [-0.2, 0) is 25.8 Å². The van der Waals surface area contributed by atoms with E-state index >= 15 is 0 Å². The Bertz CT molecular complexity index is 897. The van der Waals surface area contributed by atoms with Gasteiger partial charge in [0.25, 0.3) is 0 Å². The number of nitrogens with zero attached hydrogens (tertiary/aromatic N) is 1. The van der Waals surface area contributed by atoms with Crippen LogP contribution in [0, 0.1) is 0 Å². The van der Waals surface area contributed by atoms with Crippen molar-refractivity contribution >= 4 is 6.03 Å². The Morgan fingerprint density at radius 2 is 1.69 bits per heavy atom. The number of rotatable bonds is 6. The summed E-state index contributed by atoms with van der Waals surface area (Å²) in [6.45, 7) is 2.18. The van der Waals surface area contributed by atoms with E-state index < -0.39 is 0 Å². The maximum absolute atomic E-state index is 12.6. The van der Waals surface area contributed by atoms with E-state index in [-0.39, 0.29) is 6.03 Å². The lowest BCUT2D eigenvalue weighted by atomic mass is 9.99. The maximum atomic E-state index is 12.6. The molecule has 2 aliphatic rings. The number of amides is 2. The molecule has 2 amide bonds. The molecule has 29 heavy (non-hydrogen) atoms. The number of hydrogen-bond acceptors (Lipinski definition) is 4. The third kappa shape index (κ3) is 4.26. The van der Waals surface area contributed by atoms with Crippen molar-refractivity contribution in [1.82, 2.24) is 10.2 Å². The molecule has 4 rings (SSSR count). The predicted octanol–water partition coefficient (Wildman–Crippen LogP) is 3.34. The summed E-state index contributed by atoms with van der Waals surface area (Å²) in [5, 5.41) is 2.96. The van der Waals surface area contributed by atoms with Gasteiger partial charge in [0.05, 0.1) is 20.8 Å². The van der Waals surface area contributed by atoms with E-state index in [0.29, 0.717) is 32.0 Å². The SMILES string of the molecule is COc1cc2c(cc1OC)CN(C(=O)NCCOc1ccc3c(c1)CCC3)CC2. The highest BCUT2D eigenvalue weighted by atomic mass is 16.5. The molecular formula is C23H28N2O4. The first-order valence-electron chi connectivity index (χ1n) is 10.2. The van der Waals surface area contributed by atoms with E-state index in [2.05, 4.69) is 17.4 Å². The Hall–Kier alpha value is -2.89. The van der Waals surface area contributed by atoms with Gasteiger partial charge < -0.3 is 24.4 Å². The number of benzene rings is 2. The van der Waals surface area contributed by atoms with Crippen LogP contribution in [0.4, 0.5) is 4.79 Å². The zero-order chi connectivity index (χ0) is 20.2. The summed E-state index contributed by atoms with van der Waals surface area (Å²) in [5.41, 5.74) is 5.13. The van der Waals surface area contributed by atoms with Gasteiger partial charge in [0.15, 0.2) is 11.5 Å². The van der Waals surface area contributed by atoms with Gasteiger partial charge in [-0.15, -0.1) is 0 Å². The van der Waals surface area contributed by atoms with Gasteiger partial charge >= 0.3 is 6.03 Å². The first kappa shape index (κ1) is 19.4. The summed E-state index contributed by atoms with van der Waals surface area (Å²) in [4.78, 5) is 14.4. The van der Waals surface area contributed by atoms with Gasteiger partial charge in [0.1, 0.15) is 12.4 Å². The molecule has 1 aliphatic carbocycles. The van der Waals surface area contributed by atoms with Crippen LogP contribution in [0.25, 0.3) is 0 Å². The van der Waals surface area contributed by atoms with Gasteiger partial charge in [-0.1, -0.05) is 6.07 Å². The molecule has 0 fully saturated rings. The summed E-state index contributed by atoms with van der Waals surface area (Å²) in [6.07, 6.45) is 4.33. The summed E-state index contributed by atoms with van der Waals surface area (Å²) in [6, 6.07) is 10.2. The maximum Gasteiger partial charge on any atom is 0.317 e. The first-order chi connectivity index (χ1) is 14.2. The van der Waals surface area contributed by atoms with Crippen molar-refractivity contribution in [1.29, 1.82) is 0 Å². The van der Waals surface area contributed by atoms with Gasteiger partial charge in [-0.3, -0.25) is 0 Å². The number of nitrogens with one attached hydrogen (secondary N) is 1. The fourth-order valence-electron chi connectivity index (χ4n) is 4.13. The van der Waals surface area contributed by atoms with Crippen molar-refractivity contribution in [2.24, 2.45) is 0 Å². The van der Waals surface area contributed by atoms with E-state index in [1.54, 1.807) is 14.2 Å². The first-order valence-corrected chi connectivity index (χ1v) is 10.2. The highest BCUT2D eigenvalue weighted by Gasteiger charge is 2.22. The van der Waals surface area contributed by atoms with Crippen LogP contribution in [0.5, 0.6) is 17.2 Å². The lowest BCUT2D eigenvalue weighted by molar-refractivity contribution is 0.189. The molecule has 0 saturated carbocycles. The van der Waals surface area contributed by atoms with Crippen molar-refractivity contribution in [3.63, 3.8) is 0 Å². The van der Waals surface area contributed by atoms with E-state index in [1.165, 1.54) is 29.5 Å². The molecule has 0 radical (unpaired) electrons. The average molecular weight is 396 g/mol. The number of ether oxygens (including phenoxy) is 3. The smallest absolute Gasteiger partial charge is 0.317 e. The predicted molar refractivity (Wildman–Crippen MR) is 111 cm³/mol. The molecule has 0 unspecified atom stereocenters. The fourth-order valence-corrected chi connectivity index (χ4v) is 4.13. The van der Waals surface area contributed by atoms with Gasteiger partial charge in [-0.2, -0.15) is 0 Å². The molecule has 154 valence electrons. The molecule has 1 aliphatic heterocycles. The highest BCUT2D eigenvalue weighted by Crippen LogP contribution is 2.33. The Kier molecular flexibility index (Phi) is 5.79. The van der Waals surface area contributed by atoms with Crippen molar-refractivity contribution in [3.8, 4) is 17.2 Å². The topological polar surface area (TPSA) is 60.0 Å². The largest absolute Gasteiger partial charge is 0.493 e. The molecular weight excluding hydrogens is 368 g/mol. The lowest BCUT2D eigenvalue weighted by Gasteiger charge is -2.29. The third-order valence-electron chi connectivity index (χ3n) is 5.72. The van der Waals surface area contributed by atoms with Crippen LogP contribution in [-0.4, -0.2) is 44.8 Å². The molecule has 0 saturated heterocycles. The molecule has 1 N–H and O–H groups in total. The van der Waals surface area contributed by atoms with Crippen molar-refractivity contribution in [2.45, 2.75) is 32.2 Å². The number of hydrogen-bond donors (Lipinski definition) is 1. The van der Waals surface area contributed by atoms with Crippen LogP contribution in [0.1, 0.15) is 28.7 Å². The minimum Gasteiger partial charge on any atom is -0.493 e. The van der Waals surface area contributed by atoms with Crippen molar-refractivity contribution < 1.29 is 19.0 Å². The van der Waals surface area contributed by atoms with Gasteiger partial charge in [-0.05, 0) is 72.2 Å². The minimum absolute atomic E-state index is 0.0667. The van der Waals surface area contributed by atoms with Crippen LogP contribution in [0.2, 0.25) is 0 Å². The van der Waals surface area contributed by atoms with Crippen LogP contribution < -0.4 is 19.5 Å². The number of fused-ring (bicyclic) bond motifs is 2. The molecule has 6 heteroatoms. The Morgan fingerprint density at radius 3 is 2.48 bits per heavy atom. The molecule has 0 spiro atoms. The number of carbonyl (C=O) groups excluding carboxylic acids is 1. The molecule has 2 aromatic rings. The Balaban J connectivity index is 1.27. The quantitative estimate of drug-likeness (QED) is 0.761. The van der Waals surface area contributed by atoms with Crippen LogP contribution >= 0.6 is 0 Å². The van der Waals surface area contributed by atoms with Crippen LogP contribution in [0.15, 0.2) is 30.3 Å². The molecule has 0 aromatic heterocycles. The molecule has 1 heterocycles. The molecule has 0 atom stereocenters. The Labute approximate surface area is 171 Å². The van der Waals surface area contributed by atoms with Crippen molar-refractivity contribution in [3.05, 3.63) is 52.6 Å². The normalized spacial score (nSPS) is 14.8. The molecule has 6 nitrogen and oxygen atoms in total. The van der Waals surface area contributed by atoms with Crippen molar-refractivity contribution in [2.75, 3.05) is 33.9 Å². The zero-order valence-corrected chi connectivity index (χ0v) is 17.1. The number of carbonyl (C=O) groups is 1. The summed E-state index contributed by atoms with van der Waals surface area (Å²) < 4.78 is 16.6. The van der Waals surface area contributed by atoms with E-state index in [4.69, 9.17) is 14.2 Å². The number of urea groups is 1. The van der Waals surface area contributed by atoms with Gasteiger partial charge in [-0.25, -0.2) is 4.79 Å². The lowest BCUT2D eigenvalue weighted by Crippen LogP contribution is -2.43. The number of aryl methyl sites for hydroxylation is 2. The van der Waals surface area contributed by atoms with Gasteiger partial charge in [0, 0.05) is 13.1 Å². The fraction of sp³-hybridized carbons (Fsp3) is 0.435. The minimum atomic E-state index is -0.0667. The summed E-state index contributed by atoms with van der Waals surface area (Å²) >= 11 is 0. The second-order valence-corrected chi connectivity index (χ2v) is 7.51. The van der Waals surface area contributed by atoms with Crippen LogP contribution in [0.3, 0.4) is 0 Å². The Morgan fingerprint density at radius 1 is 0.966 bits per heavy atom.